The number of amides is 2. The number of nitrogens with zero attached hydrogens (tertiary/aromatic N) is 3. The van der Waals surface area contributed by atoms with E-state index in [2.05, 4.69) is 32.8 Å². The Morgan fingerprint density at radius 2 is 2.04 bits per heavy atom. The molecule has 2 N–H and O–H groups in total. The lowest BCUT2D eigenvalue weighted by molar-refractivity contribution is 0.0168. The normalized spacial score (nSPS) is 16.4. The molecule has 0 radical (unpaired) electrons. The molecule has 1 aromatic carbocycles. The van der Waals surface area contributed by atoms with E-state index < -0.39 is 0 Å². The van der Waals surface area contributed by atoms with Crippen molar-refractivity contribution < 1.29 is 9.53 Å². The molecular formula is C18H25N5O2. The summed E-state index contributed by atoms with van der Waals surface area (Å²) in [5.74, 6) is 0. The summed E-state index contributed by atoms with van der Waals surface area (Å²) in [5.41, 5.74) is 1.89. The number of aromatic nitrogens is 2. The van der Waals surface area contributed by atoms with Crippen LogP contribution in [0.25, 0.3) is 0 Å². The Hall–Kier alpha value is -2.38. The first kappa shape index (κ1) is 17.4. The molecule has 1 saturated heterocycles. The molecule has 0 aliphatic carbocycles. The third-order valence-corrected chi connectivity index (χ3v) is 4.34. The molecule has 1 fully saturated rings. The van der Waals surface area contributed by atoms with Crippen LogP contribution in [0.5, 0.6) is 0 Å². The van der Waals surface area contributed by atoms with Crippen molar-refractivity contribution in [1.82, 2.24) is 20.0 Å². The number of aryl methyl sites for hydroxylation is 1. The van der Waals surface area contributed by atoms with Crippen LogP contribution in [-0.2, 0) is 11.3 Å². The van der Waals surface area contributed by atoms with Gasteiger partial charge >= 0.3 is 6.03 Å². The average molecular weight is 343 g/mol. The first-order chi connectivity index (χ1) is 12.3. The molecule has 2 aromatic rings. The SMILES string of the molecule is CCn1cc(NC(=O)NC[C@H](c2ccccc2)N2CCOCC2)cn1. The highest BCUT2D eigenvalue weighted by atomic mass is 16.5. The molecule has 1 aliphatic heterocycles. The Kier molecular flexibility index (Phi) is 6.03. The Balaban J connectivity index is 1.60. The van der Waals surface area contributed by atoms with Gasteiger partial charge in [0.1, 0.15) is 0 Å². The second-order valence-electron chi connectivity index (χ2n) is 5.99. The monoisotopic (exact) mass is 343 g/mol. The fourth-order valence-electron chi connectivity index (χ4n) is 2.99. The van der Waals surface area contributed by atoms with Crippen LogP contribution in [0.4, 0.5) is 10.5 Å². The van der Waals surface area contributed by atoms with Crippen molar-refractivity contribution in [2.75, 3.05) is 38.2 Å². The summed E-state index contributed by atoms with van der Waals surface area (Å²) in [5, 5.41) is 9.97. The summed E-state index contributed by atoms with van der Waals surface area (Å²) in [6, 6.07) is 10.2. The quantitative estimate of drug-likeness (QED) is 0.843. The van der Waals surface area contributed by atoms with Crippen LogP contribution < -0.4 is 10.6 Å². The van der Waals surface area contributed by atoms with E-state index in [9.17, 15) is 4.79 Å². The first-order valence-corrected chi connectivity index (χ1v) is 8.70. The Bertz CT molecular complexity index is 667. The molecule has 0 unspecified atom stereocenters. The summed E-state index contributed by atoms with van der Waals surface area (Å²) in [7, 11) is 0. The molecule has 134 valence electrons. The summed E-state index contributed by atoms with van der Waals surface area (Å²) in [6.07, 6.45) is 3.47. The lowest BCUT2D eigenvalue weighted by Gasteiger charge is -2.34. The standard InChI is InChI=1S/C18H25N5O2/c1-2-23-14-16(12-20-23)21-18(24)19-13-17(15-6-4-3-5-7-15)22-8-10-25-11-9-22/h3-7,12,14,17H,2,8-11,13H2,1H3,(H2,19,21,24)/t17-/m1/s1. The van der Waals surface area contributed by atoms with Gasteiger partial charge in [-0.3, -0.25) is 9.58 Å². The number of hydrogen-bond acceptors (Lipinski definition) is 4. The Morgan fingerprint density at radius 3 is 2.72 bits per heavy atom. The summed E-state index contributed by atoms with van der Waals surface area (Å²) < 4.78 is 7.23. The van der Waals surface area contributed by atoms with Gasteiger partial charge in [-0.25, -0.2) is 4.79 Å². The third kappa shape index (κ3) is 4.80. The number of hydrogen-bond donors (Lipinski definition) is 2. The van der Waals surface area contributed by atoms with Crippen LogP contribution in [0.2, 0.25) is 0 Å². The molecular weight excluding hydrogens is 318 g/mol. The van der Waals surface area contributed by atoms with Crippen molar-refractivity contribution in [1.29, 1.82) is 0 Å². The topological polar surface area (TPSA) is 71.4 Å². The Labute approximate surface area is 148 Å². The van der Waals surface area contributed by atoms with Gasteiger partial charge in [-0.2, -0.15) is 5.10 Å². The first-order valence-electron chi connectivity index (χ1n) is 8.70. The molecule has 2 heterocycles. The average Bonchev–Trinajstić information content (AvgIpc) is 3.11. The summed E-state index contributed by atoms with van der Waals surface area (Å²) in [6.45, 7) is 6.51. The highest BCUT2D eigenvalue weighted by Crippen LogP contribution is 2.21. The van der Waals surface area contributed by atoms with Crippen LogP contribution in [0.3, 0.4) is 0 Å². The summed E-state index contributed by atoms with van der Waals surface area (Å²) >= 11 is 0. The number of urea groups is 1. The molecule has 2 amide bonds. The van der Waals surface area contributed by atoms with Crippen molar-refractivity contribution in [2.24, 2.45) is 0 Å². The van der Waals surface area contributed by atoms with E-state index in [0.29, 0.717) is 12.2 Å². The van der Waals surface area contributed by atoms with Gasteiger partial charge in [-0.1, -0.05) is 30.3 Å². The predicted octanol–water partition coefficient (Wildman–Crippen LogP) is 2.10. The van der Waals surface area contributed by atoms with E-state index in [1.165, 1.54) is 5.56 Å². The number of carbonyl (C=O) groups is 1. The molecule has 1 aliphatic rings. The number of ether oxygens (including phenoxy) is 1. The number of anilines is 1. The predicted molar refractivity (Wildman–Crippen MR) is 96.5 cm³/mol. The molecule has 1 aromatic heterocycles. The van der Waals surface area contributed by atoms with Crippen molar-refractivity contribution >= 4 is 11.7 Å². The maximum Gasteiger partial charge on any atom is 0.319 e. The highest BCUT2D eigenvalue weighted by Gasteiger charge is 2.23. The zero-order chi connectivity index (χ0) is 17.5. The zero-order valence-corrected chi connectivity index (χ0v) is 14.5. The van der Waals surface area contributed by atoms with Crippen LogP contribution >= 0.6 is 0 Å². The number of carbonyl (C=O) groups excluding carboxylic acids is 1. The molecule has 3 rings (SSSR count). The van der Waals surface area contributed by atoms with Gasteiger partial charge in [0.15, 0.2) is 0 Å². The van der Waals surface area contributed by atoms with Gasteiger partial charge in [0.25, 0.3) is 0 Å². The fourth-order valence-corrected chi connectivity index (χ4v) is 2.99. The number of rotatable bonds is 6. The highest BCUT2D eigenvalue weighted by molar-refractivity contribution is 5.88. The largest absolute Gasteiger partial charge is 0.379 e. The van der Waals surface area contributed by atoms with E-state index in [4.69, 9.17) is 4.74 Å². The Morgan fingerprint density at radius 1 is 1.28 bits per heavy atom. The van der Waals surface area contributed by atoms with Gasteiger partial charge in [-0.05, 0) is 12.5 Å². The molecule has 0 saturated carbocycles. The van der Waals surface area contributed by atoms with E-state index >= 15 is 0 Å². The van der Waals surface area contributed by atoms with Gasteiger partial charge in [0.05, 0.1) is 31.1 Å². The molecule has 25 heavy (non-hydrogen) atoms. The van der Waals surface area contributed by atoms with Gasteiger partial charge in [-0.15, -0.1) is 0 Å². The maximum atomic E-state index is 12.2. The van der Waals surface area contributed by atoms with Crippen molar-refractivity contribution in [2.45, 2.75) is 19.5 Å². The van der Waals surface area contributed by atoms with E-state index in [0.717, 1.165) is 32.8 Å². The third-order valence-electron chi connectivity index (χ3n) is 4.34. The van der Waals surface area contributed by atoms with Crippen molar-refractivity contribution in [3.8, 4) is 0 Å². The molecule has 1 atom stereocenters. The minimum Gasteiger partial charge on any atom is -0.379 e. The van der Waals surface area contributed by atoms with Gasteiger partial charge in [0.2, 0.25) is 0 Å². The summed E-state index contributed by atoms with van der Waals surface area (Å²) in [4.78, 5) is 14.6. The number of morpholine rings is 1. The molecule has 0 bridgehead atoms. The second-order valence-corrected chi connectivity index (χ2v) is 5.99. The van der Waals surface area contributed by atoms with E-state index in [-0.39, 0.29) is 12.1 Å². The zero-order valence-electron chi connectivity index (χ0n) is 14.5. The number of benzene rings is 1. The smallest absolute Gasteiger partial charge is 0.319 e. The molecule has 7 nitrogen and oxygen atoms in total. The van der Waals surface area contributed by atoms with Crippen molar-refractivity contribution in [3.05, 3.63) is 48.3 Å². The van der Waals surface area contributed by atoms with Crippen LogP contribution in [0.15, 0.2) is 42.7 Å². The van der Waals surface area contributed by atoms with Gasteiger partial charge < -0.3 is 15.4 Å². The molecule has 0 spiro atoms. The minimum absolute atomic E-state index is 0.134. The van der Waals surface area contributed by atoms with Crippen molar-refractivity contribution in [3.63, 3.8) is 0 Å². The van der Waals surface area contributed by atoms with E-state index in [1.807, 2.05) is 31.3 Å². The van der Waals surface area contributed by atoms with Crippen LogP contribution in [0, 0.1) is 0 Å². The van der Waals surface area contributed by atoms with Crippen LogP contribution in [-0.4, -0.2) is 53.6 Å². The van der Waals surface area contributed by atoms with Crippen LogP contribution in [0.1, 0.15) is 18.5 Å². The second kappa shape index (κ2) is 8.64. The van der Waals surface area contributed by atoms with Gasteiger partial charge in [0, 0.05) is 32.4 Å². The fraction of sp³-hybridized carbons (Fsp3) is 0.444. The van der Waals surface area contributed by atoms with E-state index in [1.54, 1.807) is 10.9 Å². The lowest BCUT2D eigenvalue weighted by atomic mass is 10.0. The number of nitrogens with one attached hydrogen (secondary N) is 2. The minimum atomic E-state index is -0.218. The molecule has 7 heteroatoms. The maximum absolute atomic E-state index is 12.2. The lowest BCUT2D eigenvalue weighted by Crippen LogP contribution is -2.44.